The second-order valence-corrected chi connectivity index (χ2v) is 7.86. The van der Waals surface area contributed by atoms with Crippen molar-refractivity contribution in [1.29, 1.82) is 0 Å². The van der Waals surface area contributed by atoms with Gasteiger partial charge in [-0.2, -0.15) is 0 Å². The van der Waals surface area contributed by atoms with E-state index in [2.05, 4.69) is 11.3 Å². The highest BCUT2D eigenvalue weighted by molar-refractivity contribution is 7.90. The molecule has 3 aliphatic rings. The highest BCUT2D eigenvalue weighted by Crippen LogP contribution is 2.52. The second-order valence-electron chi connectivity index (χ2n) is 5.93. The molecule has 5 unspecified atom stereocenters. The van der Waals surface area contributed by atoms with Crippen molar-refractivity contribution in [3.8, 4) is 0 Å². The number of rotatable bonds is 4. The Labute approximate surface area is 122 Å². The molecule has 2 aliphatic carbocycles. The van der Waals surface area contributed by atoms with E-state index in [1.165, 1.54) is 6.92 Å². The normalized spacial score (nSPS) is 38.2. The predicted octanol–water partition coefficient (Wildman–Crippen LogP) is -0.272. The molecule has 0 aromatic rings. The minimum Gasteiger partial charge on any atom is -0.458 e. The first-order valence-electron chi connectivity index (χ1n) is 6.83. The lowest BCUT2D eigenvalue weighted by atomic mass is 9.93. The highest BCUT2D eigenvalue weighted by atomic mass is 32.2. The summed E-state index contributed by atoms with van der Waals surface area (Å²) < 4.78 is 36.4. The van der Waals surface area contributed by atoms with Crippen molar-refractivity contribution in [3.63, 3.8) is 0 Å². The van der Waals surface area contributed by atoms with E-state index in [9.17, 15) is 18.0 Å². The molecule has 1 N–H and O–H groups in total. The third kappa shape index (κ3) is 2.36. The number of nitrogens with one attached hydrogen (secondary N) is 1. The van der Waals surface area contributed by atoms with Crippen LogP contribution >= 0.6 is 0 Å². The van der Waals surface area contributed by atoms with Gasteiger partial charge in [0.25, 0.3) is 0 Å². The van der Waals surface area contributed by atoms with Crippen LogP contribution in [0.1, 0.15) is 19.8 Å². The second kappa shape index (κ2) is 4.81. The van der Waals surface area contributed by atoms with Crippen molar-refractivity contribution in [2.45, 2.75) is 37.2 Å². The Morgan fingerprint density at radius 3 is 2.71 bits per heavy atom. The van der Waals surface area contributed by atoms with Crippen molar-refractivity contribution in [2.75, 3.05) is 6.61 Å². The highest BCUT2D eigenvalue weighted by Gasteiger charge is 2.63. The van der Waals surface area contributed by atoms with Crippen LogP contribution in [0.4, 0.5) is 0 Å². The first kappa shape index (κ1) is 14.5. The molecule has 3 fully saturated rings. The standard InChI is InChI=1S/C13H17NO6S/c1-6(2)13(16)19-5-10(15)20-12-7-3-8-9(4-7)21(17,18)14-11(8)12/h7-9,11-12,14H,1,3-5H2,2H3. The predicted molar refractivity (Wildman–Crippen MR) is 71.5 cm³/mol. The van der Waals surface area contributed by atoms with Gasteiger partial charge < -0.3 is 9.47 Å². The van der Waals surface area contributed by atoms with Gasteiger partial charge in [-0.05, 0) is 31.6 Å². The quantitative estimate of drug-likeness (QED) is 0.566. The molecule has 0 radical (unpaired) electrons. The molecule has 0 aromatic heterocycles. The first-order chi connectivity index (χ1) is 9.79. The summed E-state index contributed by atoms with van der Waals surface area (Å²) in [5.41, 5.74) is 0.203. The van der Waals surface area contributed by atoms with E-state index in [0.29, 0.717) is 6.42 Å². The molecule has 1 saturated heterocycles. The van der Waals surface area contributed by atoms with E-state index in [0.717, 1.165) is 6.42 Å². The van der Waals surface area contributed by atoms with Gasteiger partial charge in [-0.15, -0.1) is 0 Å². The lowest BCUT2D eigenvalue weighted by Crippen LogP contribution is -2.42. The molecule has 2 bridgehead atoms. The molecule has 0 aromatic carbocycles. The number of hydrogen-bond donors (Lipinski definition) is 1. The van der Waals surface area contributed by atoms with Gasteiger partial charge in [-0.1, -0.05) is 6.58 Å². The molecule has 8 heteroatoms. The fourth-order valence-corrected chi connectivity index (χ4v) is 5.75. The Balaban J connectivity index is 1.59. The minimum absolute atomic E-state index is 0.0239. The summed E-state index contributed by atoms with van der Waals surface area (Å²) in [5, 5.41) is -0.344. The molecule has 2 saturated carbocycles. The lowest BCUT2D eigenvalue weighted by molar-refractivity contribution is -0.163. The SMILES string of the molecule is C=C(C)C(=O)OCC(=O)OC1C2CC3C1NS(=O)(=O)C3C2. The molecule has 0 spiro atoms. The zero-order valence-electron chi connectivity index (χ0n) is 11.6. The van der Waals surface area contributed by atoms with Crippen molar-refractivity contribution in [2.24, 2.45) is 11.8 Å². The number of carbonyl (C=O) groups is 2. The van der Waals surface area contributed by atoms with E-state index in [-0.39, 0.29) is 28.7 Å². The van der Waals surface area contributed by atoms with Crippen LogP contribution in [0.25, 0.3) is 0 Å². The molecular weight excluding hydrogens is 298 g/mol. The monoisotopic (exact) mass is 315 g/mol. The van der Waals surface area contributed by atoms with Gasteiger partial charge in [0, 0.05) is 5.57 Å². The fraction of sp³-hybridized carbons (Fsp3) is 0.692. The van der Waals surface area contributed by atoms with E-state index < -0.39 is 34.7 Å². The summed E-state index contributed by atoms with van der Waals surface area (Å²) in [5.74, 6) is -1.22. The van der Waals surface area contributed by atoms with E-state index in [1.807, 2.05) is 0 Å². The third-order valence-electron chi connectivity index (χ3n) is 4.50. The average Bonchev–Trinajstić information content (AvgIpc) is 2.99. The molecular formula is C13H17NO6S. The molecule has 116 valence electrons. The number of fused-ring (bicyclic) bond motifs is 1. The maximum Gasteiger partial charge on any atom is 0.344 e. The average molecular weight is 315 g/mol. The minimum atomic E-state index is -3.28. The van der Waals surface area contributed by atoms with Gasteiger partial charge in [-0.25, -0.2) is 22.7 Å². The summed E-state index contributed by atoms with van der Waals surface area (Å²) in [6.45, 7) is 4.41. The molecule has 1 heterocycles. The van der Waals surface area contributed by atoms with Crippen LogP contribution in [-0.4, -0.2) is 44.4 Å². The van der Waals surface area contributed by atoms with Gasteiger partial charge in [0.05, 0.1) is 11.3 Å². The van der Waals surface area contributed by atoms with E-state index in [4.69, 9.17) is 9.47 Å². The Hall–Kier alpha value is -1.41. The zero-order chi connectivity index (χ0) is 15.4. The van der Waals surface area contributed by atoms with E-state index in [1.54, 1.807) is 0 Å². The smallest absolute Gasteiger partial charge is 0.344 e. The lowest BCUT2D eigenvalue weighted by Gasteiger charge is -2.25. The summed E-state index contributed by atoms with van der Waals surface area (Å²) in [4.78, 5) is 22.9. The summed E-state index contributed by atoms with van der Waals surface area (Å²) in [6, 6.07) is -0.334. The van der Waals surface area contributed by atoms with Gasteiger partial charge in [0.2, 0.25) is 10.0 Å². The summed E-state index contributed by atoms with van der Waals surface area (Å²) in [6.07, 6.45) is 0.824. The number of ether oxygens (including phenoxy) is 2. The first-order valence-corrected chi connectivity index (χ1v) is 8.37. The van der Waals surface area contributed by atoms with E-state index >= 15 is 0 Å². The summed E-state index contributed by atoms with van der Waals surface area (Å²) in [7, 11) is -3.28. The maximum atomic E-state index is 11.9. The number of carbonyl (C=O) groups excluding carboxylic acids is 2. The van der Waals surface area contributed by atoms with Crippen molar-refractivity contribution < 1.29 is 27.5 Å². The Morgan fingerprint density at radius 2 is 2.05 bits per heavy atom. The number of sulfonamides is 1. The van der Waals surface area contributed by atoms with Gasteiger partial charge >= 0.3 is 11.9 Å². The van der Waals surface area contributed by atoms with Crippen LogP contribution in [-0.2, 0) is 29.1 Å². The number of esters is 2. The van der Waals surface area contributed by atoms with Crippen molar-refractivity contribution >= 4 is 22.0 Å². The van der Waals surface area contributed by atoms with Crippen LogP contribution in [0.2, 0.25) is 0 Å². The van der Waals surface area contributed by atoms with Crippen molar-refractivity contribution in [1.82, 2.24) is 4.72 Å². The summed E-state index contributed by atoms with van der Waals surface area (Å²) >= 11 is 0. The van der Waals surface area contributed by atoms with Crippen LogP contribution in [0, 0.1) is 11.8 Å². The van der Waals surface area contributed by atoms with Gasteiger partial charge in [-0.3, -0.25) is 0 Å². The number of hydrogen-bond acceptors (Lipinski definition) is 6. The zero-order valence-corrected chi connectivity index (χ0v) is 12.4. The molecule has 1 aliphatic heterocycles. The van der Waals surface area contributed by atoms with Gasteiger partial charge in [0.1, 0.15) is 6.10 Å². The molecule has 7 nitrogen and oxygen atoms in total. The third-order valence-corrected chi connectivity index (χ3v) is 6.44. The Morgan fingerprint density at radius 1 is 1.33 bits per heavy atom. The largest absolute Gasteiger partial charge is 0.458 e. The van der Waals surface area contributed by atoms with Crippen LogP contribution in [0.5, 0.6) is 0 Å². The molecule has 5 atom stereocenters. The fourth-order valence-electron chi connectivity index (χ4n) is 3.65. The van der Waals surface area contributed by atoms with Crippen LogP contribution < -0.4 is 4.72 Å². The van der Waals surface area contributed by atoms with Crippen LogP contribution in [0.3, 0.4) is 0 Å². The topological polar surface area (TPSA) is 98.8 Å². The molecule has 0 amide bonds. The molecule has 21 heavy (non-hydrogen) atoms. The Bertz CT molecular complexity index is 612. The van der Waals surface area contributed by atoms with Crippen molar-refractivity contribution in [3.05, 3.63) is 12.2 Å². The Kier molecular flexibility index (Phi) is 3.32. The van der Waals surface area contributed by atoms with Crippen LogP contribution in [0.15, 0.2) is 12.2 Å². The maximum absolute atomic E-state index is 11.9. The van der Waals surface area contributed by atoms with Gasteiger partial charge in [0.15, 0.2) is 6.61 Å². The molecule has 3 rings (SSSR count).